The summed E-state index contributed by atoms with van der Waals surface area (Å²) < 4.78 is 0. The molecule has 2 amide bonds. The van der Waals surface area contributed by atoms with Gasteiger partial charge in [-0.05, 0) is 67.6 Å². The molecule has 1 aliphatic heterocycles. The lowest BCUT2D eigenvalue weighted by Gasteiger charge is -2.43. The summed E-state index contributed by atoms with van der Waals surface area (Å²) in [5, 5.41) is 4.06. The van der Waals surface area contributed by atoms with Crippen molar-refractivity contribution >= 4 is 40.6 Å². The Morgan fingerprint density at radius 3 is 2.27 bits per heavy atom. The predicted octanol–water partition coefficient (Wildman–Crippen LogP) is 5.95. The van der Waals surface area contributed by atoms with Crippen molar-refractivity contribution in [2.75, 3.05) is 10.2 Å². The molecule has 4 rings (SSSR count). The SMILES string of the molecule is CC(=O)N(c1ccc(Cl)cc1)[C@H]1c2ccccc2N[C@@H](C)C1C(=O)c1ccc(CCCCC(N)=O)cc1. The molecular formula is C30H32ClN3O3. The lowest BCUT2D eigenvalue weighted by molar-refractivity contribution is -0.118. The van der Waals surface area contributed by atoms with Crippen molar-refractivity contribution in [3.05, 3.63) is 94.5 Å². The van der Waals surface area contributed by atoms with E-state index in [1.807, 2.05) is 67.6 Å². The summed E-state index contributed by atoms with van der Waals surface area (Å²) in [5.74, 6) is -0.985. The fourth-order valence-electron chi connectivity index (χ4n) is 5.15. The molecule has 6 nitrogen and oxygen atoms in total. The van der Waals surface area contributed by atoms with Gasteiger partial charge in [-0.25, -0.2) is 0 Å². The van der Waals surface area contributed by atoms with E-state index in [1.54, 1.807) is 17.0 Å². The Hall–Kier alpha value is -3.64. The molecule has 0 spiro atoms. The van der Waals surface area contributed by atoms with Gasteiger partial charge in [0, 0.05) is 41.3 Å². The average Bonchev–Trinajstić information content (AvgIpc) is 2.87. The number of nitrogens with two attached hydrogens (primary N) is 1. The standard InChI is InChI=1S/C30H32ClN3O3/c1-19-28(30(37)22-13-11-21(12-14-22)7-3-6-10-27(32)36)29(25-8-4-5-9-26(25)33-19)34(20(2)35)24-17-15-23(31)16-18-24/h4-5,8-9,11-19,28-29,33H,3,6-7,10H2,1-2H3,(H2,32,36)/t19-,28?,29-/m0/s1. The van der Waals surface area contributed by atoms with Crippen LogP contribution in [0.2, 0.25) is 5.02 Å². The maximum Gasteiger partial charge on any atom is 0.224 e. The van der Waals surface area contributed by atoms with Gasteiger partial charge < -0.3 is 16.0 Å². The van der Waals surface area contributed by atoms with Gasteiger partial charge in [0.05, 0.1) is 12.0 Å². The van der Waals surface area contributed by atoms with Crippen LogP contribution in [-0.2, 0) is 16.0 Å². The Labute approximate surface area is 222 Å². The van der Waals surface area contributed by atoms with E-state index >= 15 is 0 Å². The first-order valence-corrected chi connectivity index (χ1v) is 13.0. The molecule has 0 fully saturated rings. The number of aryl methyl sites for hydroxylation is 1. The first kappa shape index (κ1) is 26.4. The third kappa shape index (κ3) is 6.03. The van der Waals surface area contributed by atoms with Crippen molar-refractivity contribution in [3.8, 4) is 0 Å². The minimum atomic E-state index is -0.518. The molecule has 192 valence electrons. The number of Topliss-reactive ketones (excluding diaryl/α,β-unsaturated/α-hetero) is 1. The zero-order chi connectivity index (χ0) is 26.5. The smallest absolute Gasteiger partial charge is 0.224 e. The van der Waals surface area contributed by atoms with Gasteiger partial charge in [-0.1, -0.05) is 54.1 Å². The zero-order valence-electron chi connectivity index (χ0n) is 21.1. The summed E-state index contributed by atoms with van der Waals surface area (Å²) in [5.41, 5.74) is 9.42. The molecule has 37 heavy (non-hydrogen) atoms. The summed E-state index contributed by atoms with van der Waals surface area (Å²) in [6, 6.07) is 21.9. The van der Waals surface area contributed by atoms with Gasteiger partial charge in [-0.3, -0.25) is 14.4 Å². The molecule has 0 aliphatic carbocycles. The Morgan fingerprint density at radius 2 is 1.62 bits per heavy atom. The Bertz CT molecular complexity index is 1270. The quantitative estimate of drug-likeness (QED) is 0.271. The number of ketones is 1. The van der Waals surface area contributed by atoms with Crippen LogP contribution < -0.4 is 16.0 Å². The molecule has 1 heterocycles. The van der Waals surface area contributed by atoms with Gasteiger partial charge in [-0.2, -0.15) is 0 Å². The summed E-state index contributed by atoms with van der Waals surface area (Å²) in [6.45, 7) is 3.51. The number of halogens is 1. The van der Waals surface area contributed by atoms with Gasteiger partial charge in [0.1, 0.15) is 0 Å². The number of carbonyl (C=O) groups excluding carboxylic acids is 3. The van der Waals surface area contributed by atoms with E-state index in [9.17, 15) is 14.4 Å². The molecule has 0 bridgehead atoms. The largest absolute Gasteiger partial charge is 0.381 e. The molecule has 3 N–H and O–H groups in total. The summed E-state index contributed by atoms with van der Waals surface area (Å²) in [6.07, 6.45) is 2.79. The second-order valence-electron chi connectivity index (χ2n) is 9.59. The first-order valence-electron chi connectivity index (χ1n) is 12.6. The normalized spacial score (nSPS) is 18.4. The fourth-order valence-corrected chi connectivity index (χ4v) is 5.28. The van der Waals surface area contributed by atoms with Crippen LogP contribution in [0.3, 0.4) is 0 Å². The molecular weight excluding hydrogens is 486 g/mol. The number of amides is 2. The molecule has 3 atom stereocenters. The number of primary amides is 1. The number of fused-ring (bicyclic) bond motifs is 1. The van der Waals surface area contributed by atoms with E-state index in [0.717, 1.165) is 36.1 Å². The maximum absolute atomic E-state index is 14.0. The average molecular weight is 518 g/mol. The minimum Gasteiger partial charge on any atom is -0.381 e. The van der Waals surface area contributed by atoms with Crippen LogP contribution in [0.15, 0.2) is 72.8 Å². The summed E-state index contributed by atoms with van der Waals surface area (Å²) in [4.78, 5) is 39.8. The van der Waals surface area contributed by atoms with Crippen molar-refractivity contribution in [3.63, 3.8) is 0 Å². The topological polar surface area (TPSA) is 92.5 Å². The van der Waals surface area contributed by atoms with Gasteiger partial charge in [0.2, 0.25) is 11.8 Å². The van der Waals surface area contributed by atoms with Gasteiger partial charge in [0.25, 0.3) is 0 Å². The Kier molecular flexibility index (Phi) is 8.29. The maximum atomic E-state index is 14.0. The van der Waals surface area contributed by atoms with E-state index in [-0.39, 0.29) is 23.6 Å². The monoisotopic (exact) mass is 517 g/mol. The van der Waals surface area contributed by atoms with Crippen LogP contribution in [0.1, 0.15) is 60.6 Å². The van der Waals surface area contributed by atoms with E-state index in [2.05, 4.69) is 5.32 Å². The van der Waals surface area contributed by atoms with Gasteiger partial charge in [0.15, 0.2) is 5.78 Å². The van der Waals surface area contributed by atoms with E-state index in [4.69, 9.17) is 17.3 Å². The molecule has 7 heteroatoms. The number of unbranched alkanes of at least 4 members (excludes halogenated alkanes) is 1. The highest BCUT2D eigenvalue weighted by Crippen LogP contribution is 2.44. The second-order valence-corrected chi connectivity index (χ2v) is 10.0. The fraction of sp³-hybridized carbons (Fsp3) is 0.300. The molecule has 0 radical (unpaired) electrons. The van der Waals surface area contributed by atoms with Crippen LogP contribution in [0.5, 0.6) is 0 Å². The van der Waals surface area contributed by atoms with E-state index in [1.165, 1.54) is 6.92 Å². The van der Waals surface area contributed by atoms with Crippen LogP contribution in [-0.4, -0.2) is 23.6 Å². The van der Waals surface area contributed by atoms with Crippen LogP contribution >= 0.6 is 11.6 Å². The van der Waals surface area contributed by atoms with Crippen molar-refractivity contribution < 1.29 is 14.4 Å². The third-order valence-corrected chi connectivity index (χ3v) is 7.20. The summed E-state index contributed by atoms with van der Waals surface area (Å²) in [7, 11) is 0. The van der Waals surface area contributed by atoms with Crippen molar-refractivity contribution in [1.29, 1.82) is 0 Å². The number of nitrogens with one attached hydrogen (secondary N) is 1. The van der Waals surface area contributed by atoms with Gasteiger partial charge >= 0.3 is 0 Å². The first-order chi connectivity index (χ1) is 17.8. The molecule has 0 saturated heterocycles. The van der Waals surface area contributed by atoms with Crippen LogP contribution in [0.4, 0.5) is 11.4 Å². The lowest BCUT2D eigenvalue weighted by Crippen LogP contribution is -2.49. The molecule has 0 saturated carbocycles. The molecule has 0 aromatic heterocycles. The van der Waals surface area contributed by atoms with Crippen molar-refractivity contribution in [2.24, 2.45) is 11.7 Å². The molecule has 1 aliphatic rings. The number of nitrogens with zero attached hydrogens (tertiary/aromatic N) is 1. The number of anilines is 2. The van der Waals surface area contributed by atoms with E-state index in [0.29, 0.717) is 22.7 Å². The highest BCUT2D eigenvalue weighted by atomic mass is 35.5. The van der Waals surface area contributed by atoms with E-state index < -0.39 is 12.0 Å². The molecule has 3 aromatic carbocycles. The molecule has 3 aromatic rings. The van der Waals surface area contributed by atoms with Gasteiger partial charge in [-0.15, -0.1) is 0 Å². The van der Waals surface area contributed by atoms with Crippen LogP contribution in [0, 0.1) is 5.92 Å². The van der Waals surface area contributed by atoms with Crippen molar-refractivity contribution in [1.82, 2.24) is 0 Å². The number of hydrogen-bond donors (Lipinski definition) is 2. The number of para-hydroxylation sites is 1. The zero-order valence-corrected chi connectivity index (χ0v) is 21.9. The lowest BCUT2D eigenvalue weighted by atomic mass is 9.77. The van der Waals surface area contributed by atoms with Crippen LogP contribution in [0.25, 0.3) is 0 Å². The Balaban J connectivity index is 1.67. The van der Waals surface area contributed by atoms with Crippen molar-refractivity contribution in [2.45, 2.75) is 51.6 Å². The third-order valence-electron chi connectivity index (χ3n) is 6.94. The number of benzene rings is 3. The summed E-state index contributed by atoms with van der Waals surface area (Å²) >= 11 is 6.12. The second kappa shape index (κ2) is 11.6. The highest BCUT2D eigenvalue weighted by Gasteiger charge is 2.43. The highest BCUT2D eigenvalue weighted by molar-refractivity contribution is 6.30. The minimum absolute atomic E-state index is 0.0278. The number of rotatable bonds is 9. The predicted molar refractivity (Wildman–Crippen MR) is 148 cm³/mol. The number of hydrogen-bond acceptors (Lipinski definition) is 4. The Morgan fingerprint density at radius 1 is 0.946 bits per heavy atom. The molecule has 1 unspecified atom stereocenters. The number of carbonyl (C=O) groups is 3.